The minimum atomic E-state index is -3.31. The van der Waals surface area contributed by atoms with Gasteiger partial charge in [0, 0.05) is 25.7 Å². The first kappa shape index (κ1) is 14.2. The Morgan fingerprint density at radius 1 is 1.22 bits per heavy atom. The normalized spacial score (nSPS) is 35.6. The molecular formula is C12H25N3O2S. The van der Waals surface area contributed by atoms with E-state index in [0.29, 0.717) is 24.9 Å². The van der Waals surface area contributed by atoms with Crippen LogP contribution in [0.1, 0.15) is 33.1 Å². The summed E-state index contributed by atoms with van der Waals surface area (Å²) >= 11 is 0. The Labute approximate surface area is 110 Å². The third-order valence-electron chi connectivity index (χ3n) is 3.79. The van der Waals surface area contributed by atoms with Gasteiger partial charge in [-0.15, -0.1) is 0 Å². The van der Waals surface area contributed by atoms with Gasteiger partial charge in [0.15, 0.2) is 0 Å². The molecule has 0 aromatic heterocycles. The smallest absolute Gasteiger partial charge is 0.279 e. The molecule has 106 valence electrons. The lowest BCUT2D eigenvalue weighted by atomic mass is 9.94. The quantitative estimate of drug-likeness (QED) is 0.791. The van der Waals surface area contributed by atoms with Crippen molar-refractivity contribution >= 4 is 10.2 Å². The zero-order valence-corrected chi connectivity index (χ0v) is 12.2. The molecule has 18 heavy (non-hydrogen) atoms. The van der Waals surface area contributed by atoms with E-state index in [-0.39, 0.29) is 6.04 Å². The fourth-order valence-corrected chi connectivity index (χ4v) is 4.71. The van der Waals surface area contributed by atoms with Crippen LogP contribution in [-0.2, 0) is 10.2 Å². The van der Waals surface area contributed by atoms with Gasteiger partial charge >= 0.3 is 0 Å². The van der Waals surface area contributed by atoms with E-state index in [4.69, 9.17) is 0 Å². The molecule has 3 atom stereocenters. The van der Waals surface area contributed by atoms with Crippen LogP contribution in [0.15, 0.2) is 0 Å². The summed E-state index contributed by atoms with van der Waals surface area (Å²) in [7, 11) is -3.31. The summed E-state index contributed by atoms with van der Waals surface area (Å²) < 4.78 is 29.1. The molecular weight excluding hydrogens is 250 g/mol. The van der Waals surface area contributed by atoms with Crippen molar-refractivity contribution in [2.45, 2.75) is 39.2 Å². The summed E-state index contributed by atoms with van der Waals surface area (Å²) in [5.41, 5.74) is 0. The number of nitrogens with one attached hydrogen (secondary N) is 2. The number of nitrogens with zero attached hydrogens (tertiary/aromatic N) is 1. The van der Waals surface area contributed by atoms with Crippen molar-refractivity contribution in [3.8, 4) is 0 Å². The third kappa shape index (κ3) is 3.66. The SMILES string of the molecule is CC1CC(C)CN(S(=O)(=O)NC2CCCNC2)C1. The van der Waals surface area contributed by atoms with Crippen LogP contribution in [0, 0.1) is 11.8 Å². The second-order valence-electron chi connectivity index (χ2n) is 5.93. The molecule has 2 rings (SSSR count). The lowest BCUT2D eigenvalue weighted by Crippen LogP contribution is -2.53. The third-order valence-corrected chi connectivity index (χ3v) is 5.40. The zero-order chi connectivity index (χ0) is 13.2. The van der Waals surface area contributed by atoms with E-state index in [2.05, 4.69) is 23.9 Å². The number of piperidine rings is 2. The summed E-state index contributed by atoms with van der Waals surface area (Å²) in [6.45, 7) is 7.30. The topological polar surface area (TPSA) is 61.4 Å². The molecule has 2 aliphatic rings. The first-order valence-corrected chi connectivity index (χ1v) is 8.39. The van der Waals surface area contributed by atoms with Crippen LogP contribution in [0.3, 0.4) is 0 Å². The summed E-state index contributed by atoms with van der Waals surface area (Å²) in [5.74, 6) is 0.907. The summed E-state index contributed by atoms with van der Waals surface area (Å²) in [5, 5.41) is 3.23. The Kier molecular flexibility index (Phi) is 4.64. The molecule has 0 radical (unpaired) electrons. The fraction of sp³-hybridized carbons (Fsp3) is 1.00. The molecule has 0 aromatic rings. The average Bonchev–Trinajstić information content (AvgIpc) is 2.28. The Morgan fingerprint density at radius 3 is 2.44 bits per heavy atom. The molecule has 2 aliphatic heterocycles. The standard InChI is InChI=1S/C12H25N3O2S/c1-10-6-11(2)9-15(8-10)18(16,17)14-12-4-3-5-13-7-12/h10-14H,3-9H2,1-2H3. The van der Waals surface area contributed by atoms with Gasteiger partial charge in [0.25, 0.3) is 10.2 Å². The molecule has 2 heterocycles. The Hall–Kier alpha value is -0.170. The van der Waals surface area contributed by atoms with Gasteiger partial charge in [-0.3, -0.25) is 0 Å². The van der Waals surface area contributed by atoms with Gasteiger partial charge in [0.1, 0.15) is 0 Å². The molecule has 0 amide bonds. The maximum absolute atomic E-state index is 12.3. The van der Waals surface area contributed by atoms with E-state index in [1.54, 1.807) is 4.31 Å². The van der Waals surface area contributed by atoms with Crippen LogP contribution in [-0.4, -0.2) is 44.9 Å². The van der Waals surface area contributed by atoms with Crippen molar-refractivity contribution in [3.63, 3.8) is 0 Å². The highest BCUT2D eigenvalue weighted by atomic mass is 32.2. The van der Waals surface area contributed by atoms with Crippen LogP contribution >= 0.6 is 0 Å². The van der Waals surface area contributed by atoms with Gasteiger partial charge in [-0.25, -0.2) is 0 Å². The molecule has 2 N–H and O–H groups in total. The lowest BCUT2D eigenvalue weighted by molar-refractivity contribution is 0.219. The Bertz CT molecular complexity index is 356. The van der Waals surface area contributed by atoms with Gasteiger partial charge in [-0.1, -0.05) is 13.8 Å². The highest BCUT2D eigenvalue weighted by Gasteiger charge is 2.32. The second kappa shape index (κ2) is 5.86. The van der Waals surface area contributed by atoms with E-state index >= 15 is 0 Å². The second-order valence-corrected chi connectivity index (χ2v) is 7.63. The van der Waals surface area contributed by atoms with Crippen LogP contribution in [0.4, 0.5) is 0 Å². The molecule has 0 bridgehead atoms. The minimum Gasteiger partial charge on any atom is -0.315 e. The van der Waals surface area contributed by atoms with Crippen LogP contribution in [0.2, 0.25) is 0 Å². The molecule has 0 saturated carbocycles. The first-order chi connectivity index (χ1) is 8.47. The van der Waals surface area contributed by atoms with Gasteiger partial charge in [-0.05, 0) is 37.6 Å². The molecule has 3 unspecified atom stereocenters. The largest absolute Gasteiger partial charge is 0.315 e. The molecule has 0 spiro atoms. The van der Waals surface area contributed by atoms with Crippen LogP contribution in [0.25, 0.3) is 0 Å². The van der Waals surface area contributed by atoms with Crippen molar-refractivity contribution in [3.05, 3.63) is 0 Å². The van der Waals surface area contributed by atoms with Crippen molar-refractivity contribution in [2.24, 2.45) is 11.8 Å². The predicted molar refractivity (Wildman–Crippen MR) is 72.5 cm³/mol. The molecule has 0 aliphatic carbocycles. The molecule has 5 nitrogen and oxygen atoms in total. The van der Waals surface area contributed by atoms with Gasteiger partial charge in [-0.2, -0.15) is 17.4 Å². The van der Waals surface area contributed by atoms with Crippen molar-refractivity contribution in [1.82, 2.24) is 14.3 Å². The van der Waals surface area contributed by atoms with E-state index in [1.807, 2.05) is 0 Å². The number of hydrogen-bond donors (Lipinski definition) is 2. The summed E-state index contributed by atoms with van der Waals surface area (Å²) in [4.78, 5) is 0. The molecule has 0 aromatic carbocycles. The summed E-state index contributed by atoms with van der Waals surface area (Å²) in [6, 6.07) is 0.0521. The first-order valence-electron chi connectivity index (χ1n) is 6.95. The van der Waals surface area contributed by atoms with Crippen molar-refractivity contribution in [2.75, 3.05) is 26.2 Å². The van der Waals surface area contributed by atoms with Gasteiger partial charge in [0.2, 0.25) is 0 Å². The fourth-order valence-electron chi connectivity index (χ4n) is 3.04. The maximum Gasteiger partial charge on any atom is 0.279 e. The zero-order valence-electron chi connectivity index (χ0n) is 11.4. The minimum absolute atomic E-state index is 0.0521. The van der Waals surface area contributed by atoms with E-state index < -0.39 is 10.2 Å². The Morgan fingerprint density at radius 2 is 1.89 bits per heavy atom. The average molecular weight is 275 g/mol. The Balaban J connectivity index is 1.96. The van der Waals surface area contributed by atoms with Crippen molar-refractivity contribution < 1.29 is 8.42 Å². The van der Waals surface area contributed by atoms with Crippen LogP contribution in [0.5, 0.6) is 0 Å². The monoisotopic (exact) mass is 275 g/mol. The van der Waals surface area contributed by atoms with Crippen molar-refractivity contribution in [1.29, 1.82) is 0 Å². The highest BCUT2D eigenvalue weighted by Crippen LogP contribution is 2.23. The molecule has 2 saturated heterocycles. The highest BCUT2D eigenvalue weighted by molar-refractivity contribution is 7.87. The van der Waals surface area contributed by atoms with Crippen LogP contribution < -0.4 is 10.0 Å². The lowest BCUT2D eigenvalue weighted by Gasteiger charge is -2.35. The van der Waals surface area contributed by atoms with E-state index in [1.165, 1.54) is 0 Å². The molecule has 6 heteroatoms. The summed E-state index contributed by atoms with van der Waals surface area (Å²) in [6.07, 6.45) is 3.10. The van der Waals surface area contributed by atoms with E-state index in [0.717, 1.165) is 32.4 Å². The number of hydrogen-bond acceptors (Lipinski definition) is 3. The predicted octanol–water partition coefficient (Wildman–Crippen LogP) is 0.551. The number of rotatable bonds is 3. The molecule has 2 fully saturated rings. The maximum atomic E-state index is 12.3. The van der Waals surface area contributed by atoms with Gasteiger partial charge in [0.05, 0.1) is 0 Å². The van der Waals surface area contributed by atoms with Gasteiger partial charge < -0.3 is 5.32 Å². The van der Waals surface area contributed by atoms with E-state index in [9.17, 15) is 8.42 Å².